The number of fused-ring (bicyclic) bond motifs is 1. The average molecular weight is 536 g/mol. The molecule has 0 atom stereocenters. The first kappa shape index (κ1) is 31.4. The second kappa shape index (κ2) is 17.6. The van der Waals surface area contributed by atoms with Crippen molar-refractivity contribution in [1.82, 2.24) is 4.90 Å². The van der Waals surface area contributed by atoms with Gasteiger partial charge in [0, 0.05) is 36.1 Å². The number of rotatable bonds is 13. The first-order chi connectivity index (χ1) is 18.4. The maximum atomic E-state index is 11.5. The number of nitrogens with one attached hydrogen (secondary N) is 1. The van der Waals surface area contributed by atoms with E-state index in [0.29, 0.717) is 11.0 Å². The highest BCUT2D eigenvalue weighted by molar-refractivity contribution is 8.14. The summed E-state index contributed by atoms with van der Waals surface area (Å²) < 4.78 is 5.31. The van der Waals surface area contributed by atoms with Gasteiger partial charge in [0.1, 0.15) is 5.42 Å². The SMILES string of the molecule is CCCCCCC1=CC=c2oc(=O)c(C)cc2=CC1.CCN(CCN(C)C)c1ccc(/C=C/SC=N)cc1. The molecule has 6 heteroatoms. The summed E-state index contributed by atoms with van der Waals surface area (Å²) in [4.78, 5) is 16.1. The maximum Gasteiger partial charge on any atom is 0.339 e. The van der Waals surface area contributed by atoms with Gasteiger partial charge in [0.15, 0.2) is 0 Å². The van der Waals surface area contributed by atoms with E-state index in [0.717, 1.165) is 37.7 Å². The summed E-state index contributed by atoms with van der Waals surface area (Å²) in [6.07, 6.45) is 15.5. The lowest BCUT2D eigenvalue weighted by atomic mass is 10.0. The summed E-state index contributed by atoms with van der Waals surface area (Å²) in [6.45, 7) is 9.34. The summed E-state index contributed by atoms with van der Waals surface area (Å²) in [5.41, 5.74) is 6.32. The molecular formula is C32H45N3O2S. The smallest absolute Gasteiger partial charge is 0.339 e. The lowest BCUT2D eigenvalue weighted by molar-refractivity contribution is 0.414. The third kappa shape index (κ3) is 11.3. The lowest BCUT2D eigenvalue weighted by Crippen LogP contribution is -2.31. The highest BCUT2D eigenvalue weighted by Gasteiger charge is 2.04. The molecule has 5 nitrogen and oxygen atoms in total. The zero-order valence-electron chi connectivity index (χ0n) is 23.8. The third-order valence-electron chi connectivity index (χ3n) is 6.45. The van der Waals surface area contributed by atoms with Crippen LogP contribution in [0.25, 0.3) is 18.2 Å². The Hall–Kier alpha value is -2.83. The lowest BCUT2D eigenvalue weighted by Gasteiger charge is -2.25. The summed E-state index contributed by atoms with van der Waals surface area (Å²) >= 11 is 1.37. The number of hydrogen-bond acceptors (Lipinski definition) is 6. The van der Waals surface area contributed by atoms with Crippen LogP contribution in [0.15, 0.2) is 56.6 Å². The van der Waals surface area contributed by atoms with Crippen molar-refractivity contribution in [2.75, 3.05) is 38.6 Å². The number of thioether (sulfide) groups is 1. The van der Waals surface area contributed by atoms with Gasteiger partial charge in [-0.05, 0) is 88.5 Å². The van der Waals surface area contributed by atoms with Crippen LogP contribution in [-0.2, 0) is 0 Å². The van der Waals surface area contributed by atoms with Crippen molar-refractivity contribution in [1.29, 1.82) is 5.41 Å². The number of unbranched alkanes of at least 4 members (excludes halogenated alkanes) is 3. The summed E-state index contributed by atoms with van der Waals surface area (Å²) in [6, 6.07) is 10.5. The average Bonchev–Trinajstić information content (AvgIpc) is 3.10. The molecule has 0 unspecified atom stereocenters. The van der Waals surface area contributed by atoms with Gasteiger partial charge in [-0.25, -0.2) is 4.79 Å². The van der Waals surface area contributed by atoms with Crippen LogP contribution in [0, 0.1) is 12.3 Å². The first-order valence-corrected chi connectivity index (χ1v) is 14.6. The van der Waals surface area contributed by atoms with Crippen LogP contribution >= 0.6 is 11.8 Å². The Bertz CT molecular complexity index is 1230. The number of aryl methyl sites for hydroxylation is 1. The Kier molecular flexibility index (Phi) is 14.6. The van der Waals surface area contributed by atoms with Crippen molar-refractivity contribution in [2.24, 2.45) is 0 Å². The van der Waals surface area contributed by atoms with Crippen molar-refractivity contribution >= 4 is 41.2 Å². The van der Waals surface area contributed by atoms with Gasteiger partial charge in [-0.1, -0.05) is 67.8 Å². The molecule has 0 spiro atoms. The molecular weight excluding hydrogens is 490 g/mol. The molecule has 2 aromatic rings. The molecule has 206 valence electrons. The standard InChI is InChI=1S/C17H22O2.C15H23N3S/c1-3-4-5-6-7-14-8-10-15-12-13(2)17(18)19-16(15)11-9-14;1-4-18(11-10-17(2)3)15-7-5-14(6-8-15)9-12-19-13-16/h9-12H,3-8H2,1-2H3;5-9,12-13,16H,4,10-11H2,1-3H3/b;12-9+,16-13?. The van der Waals surface area contributed by atoms with Crippen molar-refractivity contribution in [3.63, 3.8) is 0 Å². The van der Waals surface area contributed by atoms with E-state index >= 15 is 0 Å². The van der Waals surface area contributed by atoms with E-state index in [2.05, 4.69) is 74.2 Å². The molecule has 0 saturated carbocycles. The highest BCUT2D eigenvalue weighted by Crippen LogP contribution is 2.17. The van der Waals surface area contributed by atoms with E-state index in [-0.39, 0.29) is 5.63 Å². The summed E-state index contributed by atoms with van der Waals surface area (Å²) in [5.74, 6) is 0. The number of allylic oxidation sites excluding steroid dienone is 2. The van der Waals surface area contributed by atoms with Crippen LogP contribution in [-0.4, -0.2) is 44.2 Å². The minimum absolute atomic E-state index is 0.233. The van der Waals surface area contributed by atoms with Crippen LogP contribution in [0.3, 0.4) is 0 Å². The molecule has 0 fully saturated rings. The molecule has 1 aromatic heterocycles. The quantitative estimate of drug-likeness (QED) is 0.188. The number of likely N-dealkylation sites (N-methyl/N-ethyl adjacent to an activating group) is 2. The van der Waals surface area contributed by atoms with Gasteiger partial charge in [-0.2, -0.15) is 0 Å². The van der Waals surface area contributed by atoms with Crippen LogP contribution in [0.2, 0.25) is 0 Å². The number of nitrogens with zero attached hydrogens (tertiary/aromatic N) is 2. The van der Waals surface area contributed by atoms with E-state index in [4.69, 9.17) is 9.83 Å². The molecule has 3 rings (SSSR count). The fourth-order valence-corrected chi connectivity index (χ4v) is 4.42. The van der Waals surface area contributed by atoms with Gasteiger partial charge < -0.3 is 19.6 Å². The second-order valence-corrected chi connectivity index (χ2v) is 10.6. The molecule has 1 aliphatic carbocycles. The van der Waals surface area contributed by atoms with Gasteiger partial charge in [0.25, 0.3) is 0 Å². The van der Waals surface area contributed by atoms with Gasteiger partial charge >= 0.3 is 5.63 Å². The number of benzene rings is 1. The normalized spacial score (nSPS) is 12.5. The molecule has 38 heavy (non-hydrogen) atoms. The molecule has 0 bridgehead atoms. The van der Waals surface area contributed by atoms with Crippen LogP contribution in [0.4, 0.5) is 5.69 Å². The molecule has 0 saturated heterocycles. The van der Waals surface area contributed by atoms with E-state index in [1.165, 1.54) is 59.8 Å². The topological polar surface area (TPSA) is 60.5 Å². The number of anilines is 1. The third-order valence-corrected chi connectivity index (χ3v) is 6.88. The van der Waals surface area contributed by atoms with Gasteiger partial charge in [-0.3, -0.25) is 0 Å². The predicted molar refractivity (Wildman–Crippen MR) is 168 cm³/mol. The molecule has 0 amide bonds. The van der Waals surface area contributed by atoms with Crippen LogP contribution in [0.5, 0.6) is 0 Å². The summed E-state index contributed by atoms with van der Waals surface area (Å²) in [7, 11) is 4.20. The Morgan fingerprint density at radius 2 is 1.82 bits per heavy atom. The van der Waals surface area contributed by atoms with E-state index in [1.807, 2.05) is 23.6 Å². The van der Waals surface area contributed by atoms with Gasteiger partial charge in [0.05, 0.1) is 5.55 Å². The van der Waals surface area contributed by atoms with Crippen LogP contribution in [0.1, 0.15) is 63.5 Å². The van der Waals surface area contributed by atoms with Gasteiger partial charge in [0.2, 0.25) is 0 Å². The highest BCUT2D eigenvalue weighted by atomic mass is 32.2. The Balaban J connectivity index is 0.000000267. The molecule has 1 aliphatic rings. The zero-order chi connectivity index (χ0) is 27.8. The molecule has 1 aromatic carbocycles. The van der Waals surface area contributed by atoms with E-state index in [1.54, 1.807) is 6.92 Å². The van der Waals surface area contributed by atoms with Crippen molar-refractivity contribution in [2.45, 2.75) is 59.3 Å². The van der Waals surface area contributed by atoms with Crippen LogP contribution < -0.4 is 21.2 Å². The monoisotopic (exact) mass is 535 g/mol. The van der Waals surface area contributed by atoms with Crippen molar-refractivity contribution < 1.29 is 4.42 Å². The Labute approximate surface area is 233 Å². The first-order valence-electron chi connectivity index (χ1n) is 13.7. The fraction of sp³-hybridized carbons (Fsp3) is 0.438. The van der Waals surface area contributed by atoms with E-state index < -0.39 is 0 Å². The Morgan fingerprint density at radius 1 is 1.05 bits per heavy atom. The fourth-order valence-electron chi connectivity index (χ4n) is 4.10. The van der Waals surface area contributed by atoms with Crippen molar-refractivity contribution in [3.05, 3.63) is 79.6 Å². The summed E-state index contributed by atoms with van der Waals surface area (Å²) in [5, 5.41) is 9.90. The molecule has 1 heterocycles. The molecule has 0 radical (unpaired) electrons. The minimum Gasteiger partial charge on any atom is -0.423 e. The minimum atomic E-state index is -0.233. The van der Waals surface area contributed by atoms with Gasteiger partial charge in [-0.15, -0.1) is 0 Å². The van der Waals surface area contributed by atoms with E-state index in [9.17, 15) is 4.79 Å². The maximum absolute atomic E-state index is 11.5. The molecule has 1 N–H and O–H groups in total. The zero-order valence-corrected chi connectivity index (χ0v) is 24.7. The Morgan fingerprint density at radius 3 is 2.47 bits per heavy atom. The largest absolute Gasteiger partial charge is 0.423 e. The number of hydrogen-bond donors (Lipinski definition) is 1. The van der Waals surface area contributed by atoms with Crippen molar-refractivity contribution in [3.8, 4) is 0 Å². The predicted octanol–water partition coefficient (Wildman–Crippen LogP) is 6.20. The molecule has 0 aliphatic heterocycles. The second-order valence-electron chi connectivity index (χ2n) is 9.78.